The van der Waals surface area contributed by atoms with E-state index in [9.17, 15) is 10.5 Å². The highest BCUT2D eigenvalue weighted by atomic mass is 16.5. The fraction of sp³-hybridized carbons (Fsp3) is 0.0119. The van der Waals surface area contributed by atoms with E-state index in [4.69, 9.17) is 14.7 Å². The van der Waals surface area contributed by atoms with Crippen LogP contribution in [-0.4, -0.2) is 37.8 Å². The molecule has 1 aliphatic carbocycles. The second-order valence-corrected chi connectivity index (χ2v) is 25.0. The lowest BCUT2D eigenvalue weighted by molar-refractivity contribution is 0.436. The summed E-state index contributed by atoms with van der Waals surface area (Å²) in [5.41, 5.74) is 20.4. The van der Waals surface area contributed by atoms with E-state index in [0.29, 0.717) is 22.6 Å². The van der Waals surface area contributed by atoms with Crippen molar-refractivity contribution in [3.05, 3.63) is 313 Å². The second-order valence-electron chi connectivity index (χ2n) is 25.0. The fourth-order valence-corrected chi connectivity index (χ4v) is 16.5. The van der Waals surface area contributed by atoms with Crippen LogP contribution in [0.25, 0.3) is 149 Å². The van der Waals surface area contributed by atoms with Crippen molar-refractivity contribution >= 4 is 109 Å². The normalized spacial score (nSPS) is 14.0. The summed E-state index contributed by atoms with van der Waals surface area (Å²) in [6.07, 6.45) is 7.83. The van der Waals surface area contributed by atoms with E-state index in [1.165, 1.54) is 5.39 Å². The quantitative estimate of drug-likeness (QED) is 0.169. The molecule has 19 aromatic rings. The number of benzene rings is 11. The monoisotopic (exact) mass is 1210 g/mol. The van der Waals surface area contributed by atoms with Gasteiger partial charge in [-0.1, -0.05) is 121 Å². The zero-order valence-corrected chi connectivity index (χ0v) is 50.4. The number of nitriles is 2. The molecule has 9 heterocycles. The number of hydrogen-bond acceptors (Lipinski definition) is 6. The first kappa shape index (κ1) is 51.4. The first-order chi connectivity index (χ1) is 47.0. The lowest BCUT2D eigenvalue weighted by atomic mass is 9.66. The zero-order valence-electron chi connectivity index (χ0n) is 50.4. The van der Waals surface area contributed by atoms with Gasteiger partial charge in [0.25, 0.3) is 0 Å². The van der Waals surface area contributed by atoms with Crippen LogP contribution < -0.4 is 4.74 Å². The Morgan fingerprint density at radius 3 is 1.05 bits per heavy atom. The predicted octanol–water partition coefficient (Wildman–Crippen LogP) is 19.6. The van der Waals surface area contributed by atoms with Crippen LogP contribution in [0.2, 0.25) is 0 Å². The van der Waals surface area contributed by atoms with Crippen LogP contribution >= 0.6 is 0 Å². The largest absolute Gasteiger partial charge is 0.457 e. The minimum absolute atomic E-state index is 0.594. The highest BCUT2D eigenvalue weighted by molar-refractivity contribution is 6.14. The Morgan fingerprint density at radius 2 is 0.621 bits per heavy atom. The molecule has 2 aliphatic rings. The van der Waals surface area contributed by atoms with E-state index in [1.807, 2.05) is 49.1 Å². The van der Waals surface area contributed by atoms with Gasteiger partial charge in [-0.15, -0.1) is 0 Å². The van der Waals surface area contributed by atoms with Gasteiger partial charge in [-0.25, -0.2) is 0 Å². The number of para-hydroxylation sites is 6. The molecule has 0 bridgehead atoms. The van der Waals surface area contributed by atoms with Crippen LogP contribution in [0.15, 0.2) is 280 Å². The van der Waals surface area contributed by atoms with Gasteiger partial charge in [-0.3, -0.25) is 15.0 Å². The third-order valence-corrected chi connectivity index (χ3v) is 20.3. The van der Waals surface area contributed by atoms with Crippen molar-refractivity contribution < 1.29 is 4.74 Å². The molecule has 0 saturated heterocycles. The standard InChI is InChI=1S/C84H46N10O/c85-44-49-25-32-76-63(37-49)59-16-4-10-22-73(59)90(76)52-27-30-66-80(42-52)95-81-43-53(91-74-23-11-6-18-61(74)65-39-51(29-34-78(65)91)92-70-19-7-3-15-58(70)62-35-36-87-48-79(62)92)28-31-67(81)84(66)68-40-54(93-71-20-8-1-13-56(71)57-14-2-9-21-72(57)93)46-88-82(68)83-69(84)41-55(47-89-83)94-75-24-12-5-17-60(75)64-38-50(45-86)26-33-77(64)94/h1-43,46-48H. The molecule has 0 saturated carbocycles. The van der Waals surface area contributed by atoms with E-state index in [2.05, 4.69) is 270 Å². The Morgan fingerprint density at radius 1 is 0.284 bits per heavy atom. The lowest BCUT2D eigenvalue weighted by Crippen LogP contribution is -2.32. The SMILES string of the molecule is N#Cc1ccc2c(c1)c1ccccc1n2-c1ccc2c(c1)Oc1cc(-n3c4ccccc4c4cc(-n5c6ccccc6c6ccncc65)ccc43)ccc1C21c2cc(-n3c4ccccc4c4ccccc43)cnc2-c2ncc(-n3c4ccccc4c4cc(C#N)ccc43)cc21. The van der Waals surface area contributed by atoms with Crippen LogP contribution in [-0.2, 0) is 5.41 Å². The summed E-state index contributed by atoms with van der Waals surface area (Å²) < 4.78 is 19.3. The zero-order chi connectivity index (χ0) is 62.4. The maximum absolute atomic E-state index is 10.2. The smallest absolute Gasteiger partial charge is 0.134 e. The van der Waals surface area contributed by atoms with Gasteiger partial charge in [0.2, 0.25) is 0 Å². The average molecular weight is 1210 g/mol. The summed E-state index contributed by atoms with van der Waals surface area (Å²) >= 11 is 0. The number of hydrogen-bond donors (Lipinski definition) is 0. The molecule has 95 heavy (non-hydrogen) atoms. The van der Waals surface area contributed by atoms with Crippen molar-refractivity contribution in [2.75, 3.05) is 0 Å². The maximum Gasteiger partial charge on any atom is 0.134 e. The van der Waals surface area contributed by atoms with Gasteiger partial charge < -0.3 is 27.6 Å². The molecule has 1 aliphatic heterocycles. The van der Waals surface area contributed by atoms with Gasteiger partial charge in [0, 0.05) is 112 Å². The average Bonchev–Trinajstić information content (AvgIpc) is 1.57. The van der Waals surface area contributed by atoms with Crippen LogP contribution in [0, 0.1) is 22.7 Å². The summed E-state index contributed by atoms with van der Waals surface area (Å²) in [6, 6.07) is 95.0. The first-order valence-electron chi connectivity index (χ1n) is 31.7. The second kappa shape index (κ2) is 18.9. The molecule has 8 aromatic heterocycles. The maximum atomic E-state index is 10.2. The molecule has 11 nitrogen and oxygen atoms in total. The Bertz CT molecular complexity index is 6650. The van der Waals surface area contributed by atoms with Crippen molar-refractivity contribution in [2.45, 2.75) is 5.41 Å². The first-order valence-corrected chi connectivity index (χ1v) is 31.7. The van der Waals surface area contributed by atoms with E-state index < -0.39 is 5.41 Å². The molecular weight excluding hydrogens is 1160 g/mol. The highest BCUT2D eigenvalue weighted by Gasteiger charge is 2.53. The van der Waals surface area contributed by atoms with E-state index in [0.717, 1.165) is 166 Å². The van der Waals surface area contributed by atoms with Crippen LogP contribution in [0.1, 0.15) is 33.4 Å². The summed E-state index contributed by atoms with van der Waals surface area (Å²) in [5.74, 6) is 1.35. The van der Waals surface area contributed by atoms with Crippen molar-refractivity contribution in [1.29, 1.82) is 10.5 Å². The molecule has 21 rings (SSSR count). The summed E-state index contributed by atoms with van der Waals surface area (Å²) in [5, 5.41) is 31.3. The molecular formula is C84H46N10O. The molecule has 1 unspecified atom stereocenters. The van der Waals surface area contributed by atoms with Gasteiger partial charge in [0.1, 0.15) is 11.5 Å². The van der Waals surface area contributed by atoms with E-state index >= 15 is 0 Å². The molecule has 0 N–H and O–H groups in total. The Kier molecular flexibility index (Phi) is 10.2. The van der Waals surface area contributed by atoms with Crippen LogP contribution in [0.5, 0.6) is 11.5 Å². The third kappa shape index (κ3) is 6.81. The van der Waals surface area contributed by atoms with Crippen molar-refractivity contribution in [1.82, 2.24) is 37.8 Å². The van der Waals surface area contributed by atoms with Crippen molar-refractivity contribution in [2.24, 2.45) is 0 Å². The summed E-state index contributed by atoms with van der Waals surface area (Å²) in [6.45, 7) is 0. The number of pyridine rings is 3. The number of aromatic nitrogens is 8. The van der Waals surface area contributed by atoms with E-state index in [1.54, 1.807) is 0 Å². The number of nitrogens with zero attached hydrogens (tertiary/aromatic N) is 10. The lowest BCUT2D eigenvalue weighted by Gasteiger charge is -2.39. The minimum atomic E-state index is -1.10. The van der Waals surface area contributed by atoms with Gasteiger partial charge in [0.15, 0.2) is 0 Å². The molecule has 0 fully saturated rings. The van der Waals surface area contributed by atoms with Gasteiger partial charge in [0.05, 0.1) is 125 Å². The topological polar surface area (TPSA) is 120 Å². The van der Waals surface area contributed by atoms with Gasteiger partial charge in [-0.2, -0.15) is 10.5 Å². The molecule has 11 heteroatoms. The molecule has 0 amide bonds. The van der Waals surface area contributed by atoms with Crippen molar-refractivity contribution in [3.8, 4) is 63.5 Å². The predicted molar refractivity (Wildman–Crippen MR) is 378 cm³/mol. The summed E-state index contributed by atoms with van der Waals surface area (Å²) in [7, 11) is 0. The van der Waals surface area contributed by atoms with Gasteiger partial charge >= 0.3 is 0 Å². The molecule has 1 atom stereocenters. The van der Waals surface area contributed by atoms with Crippen molar-refractivity contribution in [3.63, 3.8) is 0 Å². The minimum Gasteiger partial charge on any atom is -0.457 e. The van der Waals surface area contributed by atoms with E-state index in [-0.39, 0.29) is 0 Å². The Labute approximate surface area is 540 Å². The molecule has 11 aromatic carbocycles. The number of ether oxygens (including phenoxy) is 1. The molecule has 438 valence electrons. The highest BCUT2D eigenvalue weighted by Crippen LogP contribution is 2.63. The Balaban J connectivity index is 0.857. The number of rotatable bonds is 5. The summed E-state index contributed by atoms with van der Waals surface area (Å²) in [4.78, 5) is 15.8. The fourth-order valence-electron chi connectivity index (χ4n) is 16.5. The van der Waals surface area contributed by atoms with Gasteiger partial charge in [-0.05, 0) is 121 Å². The van der Waals surface area contributed by atoms with Crippen LogP contribution in [0.4, 0.5) is 0 Å². The molecule has 0 radical (unpaired) electrons. The third-order valence-electron chi connectivity index (χ3n) is 20.3. The van der Waals surface area contributed by atoms with Crippen LogP contribution in [0.3, 0.4) is 0 Å². The molecule has 1 spiro atoms. The number of fused-ring (bicyclic) bond motifs is 24. The Hall–Kier alpha value is -13.4.